The highest BCUT2D eigenvalue weighted by atomic mass is 19.1. The lowest BCUT2D eigenvalue weighted by Gasteiger charge is -2.57. The van der Waals surface area contributed by atoms with Crippen molar-refractivity contribution in [1.82, 2.24) is 4.57 Å². The van der Waals surface area contributed by atoms with Crippen LogP contribution in [0.4, 0.5) is 4.39 Å². The van der Waals surface area contributed by atoms with Gasteiger partial charge in [-0.15, -0.1) is 0 Å². The van der Waals surface area contributed by atoms with Gasteiger partial charge in [0.05, 0.1) is 24.6 Å². The van der Waals surface area contributed by atoms with Crippen LogP contribution < -0.4 is 0 Å². The summed E-state index contributed by atoms with van der Waals surface area (Å²) < 4.78 is 22.0. The van der Waals surface area contributed by atoms with Crippen LogP contribution in [-0.2, 0) is 16.1 Å². The molecule has 4 aliphatic rings. The van der Waals surface area contributed by atoms with Crippen molar-refractivity contribution in [2.45, 2.75) is 50.5 Å². The van der Waals surface area contributed by atoms with Gasteiger partial charge in [-0.25, -0.2) is 4.39 Å². The van der Waals surface area contributed by atoms with E-state index >= 15 is 0 Å². The largest absolute Gasteiger partial charge is 0.481 e. The monoisotopic (exact) mass is 458 g/mol. The molecule has 2 aliphatic carbocycles. The quantitative estimate of drug-likeness (QED) is 0.556. The molecular formula is C28H27FN2O3. The third-order valence-electron chi connectivity index (χ3n) is 8.67. The highest BCUT2D eigenvalue weighted by molar-refractivity contribution is 5.96. The van der Waals surface area contributed by atoms with Crippen molar-refractivity contribution in [3.8, 4) is 5.69 Å². The molecule has 0 bridgehead atoms. The third-order valence-corrected chi connectivity index (χ3v) is 8.67. The molecule has 2 aromatic carbocycles. The maximum absolute atomic E-state index is 13.8. The number of aliphatic carboxylic acids is 1. The second-order valence-electron chi connectivity index (χ2n) is 10.8. The second kappa shape index (κ2) is 7.25. The first-order valence-electron chi connectivity index (χ1n) is 12.3. The Hall–Kier alpha value is -2.99. The van der Waals surface area contributed by atoms with Crippen molar-refractivity contribution in [3.05, 3.63) is 64.6 Å². The molecule has 1 unspecified atom stereocenters. The van der Waals surface area contributed by atoms with E-state index < -0.39 is 5.97 Å². The van der Waals surface area contributed by atoms with E-state index in [9.17, 15) is 14.3 Å². The maximum atomic E-state index is 13.8. The van der Waals surface area contributed by atoms with E-state index in [0.29, 0.717) is 25.0 Å². The van der Waals surface area contributed by atoms with Crippen molar-refractivity contribution < 1.29 is 19.0 Å². The Balaban J connectivity index is 1.40. The molecule has 3 aromatic rings. The Kier molecular flexibility index (Phi) is 4.35. The standard InChI is InChI=1S/C28H27FN2O3/c29-21-1-3-22(4-2-21)31-24-8-18-14-30-13-17(18)7-23(24)25(26(31)16-5-6-34-15-16)19-9-28(10-19)11-20(12-28)27(32)33/h1-4,7-8,14,16,19-20H,5-6,9-13,15H2,(H,32,33). The summed E-state index contributed by atoms with van der Waals surface area (Å²) in [5.41, 5.74) is 7.42. The van der Waals surface area contributed by atoms with Gasteiger partial charge in [-0.1, -0.05) is 0 Å². The molecule has 0 radical (unpaired) electrons. The number of fused-ring (bicyclic) bond motifs is 2. The van der Waals surface area contributed by atoms with Crippen molar-refractivity contribution >= 4 is 23.1 Å². The number of carboxylic acids is 1. The topological polar surface area (TPSA) is 63.8 Å². The van der Waals surface area contributed by atoms with Gasteiger partial charge in [0, 0.05) is 35.5 Å². The van der Waals surface area contributed by atoms with Crippen LogP contribution in [0.15, 0.2) is 41.4 Å². The summed E-state index contributed by atoms with van der Waals surface area (Å²) >= 11 is 0. The second-order valence-corrected chi connectivity index (χ2v) is 10.8. The predicted octanol–water partition coefficient (Wildman–Crippen LogP) is 5.56. The van der Waals surface area contributed by atoms with E-state index in [4.69, 9.17) is 4.74 Å². The first kappa shape index (κ1) is 20.4. The highest BCUT2D eigenvalue weighted by Crippen LogP contribution is 2.65. The lowest BCUT2D eigenvalue weighted by atomic mass is 9.47. The average Bonchev–Trinajstić information content (AvgIpc) is 3.49. The Morgan fingerprint density at radius 1 is 1.12 bits per heavy atom. The number of aliphatic imine (C=N–C) groups is 1. The summed E-state index contributed by atoms with van der Waals surface area (Å²) in [6.45, 7) is 2.17. The lowest BCUT2D eigenvalue weighted by Crippen LogP contribution is -2.49. The average molecular weight is 459 g/mol. The van der Waals surface area contributed by atoms with Crippen LogP contribution in [0, 0.1) is 17.2 Å². The van der Waals surface area contributed by atoms with Gasteiger partial charge < -0.3 is 14.4 Å². The number of rotatable bonds is 4. The van der Waals surface area contributed by atoms with E-state index in [2.05, 4.69) is 21.7 Å². The summed E-state index contributed by atoms with van der Waals surface area (Å²) in [7, 11) is 0. The molecule has 1 atom stereocenters. The molecule has 3 fully saturated rings. The van der Waals surface area contributed by atoms with Gasteiger partial charge in [0.25, 0.3) is 0 Å². The Morgan fingerprint density at radius 3 is 2.62 bits per heavy atom. The molecule has 1 saturated heterocycles. The fraction of sp³-hybridized carbons (Fsp3) is 0.429. The molecule has 2 aliphatic heterocycles. The molecule has 174 valence electrons. The van der Waals surface area contributed by atoms with E-state index in [1.807, 2.05) is 18.3 Å². The zero-order chi connectivity index (χ0) is 23.0. The molecule has 1 spiro atoms. The molecule has 1 N–H and O–H groups in total. The van der Waals surface area contributed by atoms with Crippen LogP contribution in [0.5, 0.6) is 0 Å². The summed E-state index contributed by atoms with van der Waals surface area (Å²) in [6.07, 6.45) is 6.64. The van der Waals surface area contributed by atoms with Gasteiger partial charge in [-0.2, -0.15) is 0 Å². The van der Waals surface area contributed by atoms with Crippen LogP contribution in [0.3, 0.4) is 0 Å². The molecule has 0 amide bonds. The van der Waals surface area contributed by atoms with Crippen LogP contribution >= 0.6 is 0 Å². The van der Waals surface area contributed by atoms with Gasteiger partial charge in [0.2, 0.25) is 0 Å². The van der Waals surface area contributed by atoms with E-state index in [-0.39, 0.29) is 17.2 Å². The molecule has 34 heavy (non-hydrogen) atoms. The molecule has 2 saturated carbocycles. The van der Waals surface area contributed by atoms with E-state index in [0.717, 1.165) is 55.5 Å². The molecule has 5 nitrogen and oxygen atoms in total. The highest BCUT2D eigenvalue weighted by Gasteiger charge is 2.56. The van der Waals surface area contributed by atoms with E-state index in [1.165, 1.54) is 34.3 Å². The Labute approximate surface area is 197 Å². The number of benzene rings is 2. The number of carboxylic acid groups (broad SMARTS) is 1. The van der Waals surface area contributed by atoms with Gasteiger partial charge in [-0.05, 0) is 96.5 Å². The lowest BCUT2D eigenvalue weighted by molar-refractivity contribution is -0.155. The first-order chi connectivity index (χ1) is 16.5. The number of aromatic nitrogens is 1. The normalized spacial score (nSPS) is 29.4. The van der Waals surface area contributed by atoms with Crippen molar-refractivity contribution in [2.75, 3.05) is 13.2 Å². The fourth-order valence-electron chi connectivity index (χ4n) is 7.07. The third kappa shape index (κ3) is 2.94. The van der Waals surface area contributed by atoms with Crippen molar-refractivity contribution in [1.29, 1.82) is 0 Å². The SMILES string of the molecule is O=C(O)C1CC2(C1)CC(c1c(C3CCOC3)n(-c3ccc(F)cc3)c3cc4c(cc13)CN=C4)C2. The van der Waals surface area contributed by atoms with Crippen LogP contribution in [0.25, 0.3) is 16.6 Å². The minimum atomic E-state index is -0.652. The molecule has 3 heterocycles. The minimum absolute atomic E-state index is 0.176. The maximum Gasteiger partial charge on any atom is 0.306 e. The number of nitrogens with zero attached hydrogens (tertiary/aromatic N) is 2. The number of ether oxygens (including phenoxy) is 1. The van der Waals surface area contributed by atoms with Gasteiger partial charge in [-0.3, -0.25) is 9.79 Å². The fourth-order valence-corrected chi connectivity index (χ4v) is 7.07. The smallest absolute Gasteiger partial charge is 0.306 e. The zero-order valence-electron chi connectivity index (χ0n) is 19.0. The van der Waals surface area contributed by atoms with Gasteiger partial charge >= 0.3 is 5.97 Å². The predicted molar refractivity (Wildman–Crippen MR) is 127 cm³/mol. The minimum Gasteiger partial charge on any atom is -0.481 e. The molecule has 7 rings (SSSR count). The summed E-state index contributed by atoms with van der Waals surface area (Å²) in [5, 5.41) is 10.6. The van der Waals surface area contributed by atoms with Crippen LogP contribution in [-0.4, -0.2) is 35.1 Å². The summed E-state index contributed by atoms with van der Waals surface area (Å²) in [4.78, 5) is 15.9. The number of carbonyl (C=O) groups is 1. The van der Waals surface area contributed by atoms with E-state index in [1.54, 1.807) is 0 Å². The van der Waals surface area contributed by atoms with Gasteiger partial charge in [0.1, 0.15) is 5.82 Å². The molecular weight excluding hydrogens is 431 g/mol. The zero-order valence-corrected chi connectivity index (χ0v) is 19.0. The Morgan fingerprint density at radius 2 is 1.91 bits per heavy atom. The Bertz CT molecular complexity index is 1340. The number of halogens is 1. The van der Waals surface area contributed by atoms with Crippen LogP contribution in [0.1, 0.15) is 66.3 Å². The van der Waals surface area contributed by atoms with Crippen molar-refractivity contribution in [2.24, 2.45) is 16.3 Å². The van der Waals surface area contributed by atoms with Crippen molar-refractivity contribution in [3.63, 3.8) is 0 Å². The summed E-state index contributed by atoms with van der Waals surface area (Å²) in [6, 6.07) is 11.4. The number of hydrogen-bond donors (Lipinski definition) is 1. The molecule has 6 heteroatoms. The molecule has 1 aromatic heterocycles. The first-order valence-corrected chi connectivity index (χ1v) is 12.3. The van der Waals surface area contributed by atoms with Gasteiger partial charge in [0.15, 0.2) is 0 Å². The summed E-state index contributed by atoms with van der Waals surface area (Å²) in [5.74, 6) is -0.361. The van der Waals surface area contributed by atoms with Crippen LogP contribution in [0.2, 0.25) is 0 Å². The number of hydrogen-bond acceptors (Lipinski definition) is 3.